The second kappa shape index (κ2) is 3.14. The molecule has 0 bridgehead atoms. The summed E-state index contributed by atoms with van der Waals surface area (Å²) < 4.78 is 6.98. The zero-order valence-corrected chi connectivity index (χ0v) is 8.48. The molecule has 0 aliphatic heterocycles. The van der Waals surface area contributed by atoms with Gasteiger partial charge in [0, 0.05) is 11.8 Å². The van der Waals surface area contributed by atoms with E-state index in [1.807, 2.05) is 28.8 Å². The molecule has 4 heteroatoms. The second-order valence-corrected chi connectivity index (χ2v) is 3.61. The quantitative estimate of drug-likeness (QED) is 0.628. The number of imidazole rings is 1. The third-order valence-electron chi connectivity index (χ3n) is 2.31. The summed E-state index contributed by atoms with van der Waals surface area (Å²) in [7, 11) is 0. The molecule has 3 heterocycles. The number of rotatable bonds is 1. The molecule has 3 aromatic heterocycles. The number of aromatic nitrogens is 2. The van der Waals surface area contributed by atoms with Gasteiger partial charge in [0.2, 0.25) is 0 Å². The molecule has 0 spiro atoms. The van der Waals surface area contributed by atoms with Crippen molar-refractivity contribution in [2.75, 3.05) is 0 Å². The Balaban J connectivity index is 2.34. The molecule has 0 fully saturated rings. The Morgan fingerprint density at radius 1 is 1.33 bits per heavy atom. The molecule has 0 saturated carbocycles. The van der Waals surface area contributed by atoms with Crippen LogP contribution in [-0.4, -0.2) is 9.38 Å². The number of nitrogens with zero attached hydrogens (tertiary/aromatic N) is 2. The monoisotopic (exact) mass is 218 g/mol. The average molecular weight is 219 g/mol. The predicted octanol–water partition coefficient (Wildman–Crippen LogP) is 3.25. The van der Waals surface area contributed by atoms with Crippen molar-refractivity contribution in [3.63, 3.8) is 0 Å². The van der Waals surface area contributed by atoms with Crippen molar-refractivity contribution >= 4 is 17.2 Å². The molecule has 0 aliphatic rings. The van der Waals surface area contributed by atoms with Gasteiger partial charge in [-0.25, -0.2) is 4.98 Å². The summed E-state index contributed by atoms with van der Waals surface area (Å²) in [6.45, 7) is 0. The predicted molar refractivity (Wildman–Crippen MR) is 57.9 cm³/mol. The first kappa shape index (κ1) is 8.56. The first-order valence-corrected chi connectivity index (χ1v) is 4.88. The number of pyridine rings is 1. The summed E-state index contributed by atoms with van der Waals surface area (Å²) in [6, 6.07) is 5.61. The summed E-state index contributed by atoms with van der Waals surface area (Å²) >= 11 is 6.02. The van der Waals surface area contributed by atoms with Crippen LogP contribution in [-0.2, 0) is 0 Å². The van der Waals surface area contributed by atoms with E-state index in [1.54, 1.807) is 18.7 Å². The summed E-state index contributed by atoms with van der Waals surface area (Å²) in [6.07, 6.45) is 7.03. The van der Waals surface area contributed by atoms with E-state index in [1.165, 1.54) is 0 Å². The molecule has 0 atom stereocenters. The third kappa shape index (κ3) is 1.24. The molecule has 0 radical (unpaired) electrons. The topological polar surface area (TPSA) is 30.4 Å². The zero-order valence-electron chi connectivity index (χ0n) is 7.72. The number of halogens is 1. The van der Waals surface area contributed by atoms with E-state index in [0.29, 0.717) is 5.02 Å². The molecule has 0 amide bonds. The largest absolute Gasteiger partial charge is 0.472 e. The fourth-order valence-corrected chi connectivity index (χ4v) is 1.81. The summed E-state index contributed by atoms with van der Waals surface area (Å²) in [5, 5.41) is 0.646. The van der Waals surface area contributed by atoms with Crippen LogP contribution in [0.1, 0.15) is 0 Å². The van der Waals surface area contributed by atoms with Crippen LogP contribution in [0.25, 0.3) is 16.9 Å². The lowest BCUT2D eigenvalue weighted by molar-refractivity contribution is 0.568. The van der Waals surface area contributed by atoms with Gasteiger partial charge in [-0.3, -0.25) is 4.40 Å². The normalized spacial score (nSPS) is 11.0. The maximum absolute atomic E-state index is 6.02. The van der Waals surface area contributed by atoms with Crippen molar-refractivity contribution in [1.82, 2.24) is 9.38 Å². The van der Waals surface area contributed by atoms with Crippen LogP contribution in [0.2, 0.25) is 5.02 Å². The van der Waals surface area contributed by atoms with E-state index < -0.39 is 0 Å². The molecule has 3 aromatic rings. The summed E-state index contributed by atoms with van der Waals surface area (Å²) in [5.41, 5.74) is 2.72. The lowest BCUT2D eigenvalue weighted by Gasteiger charge is -1.98. The van der Waals surface area contributed by atoms with Crippen LogP contribution in [0.3, 0.4) is 0 Å². The van der Waals surface area contributed by atoms with E-state index in [2.05, 4.69) is 4.98 Å². The van der Waals surface area contributed by atoms with Crippen LogP contribution < -0.4 is 0 Å². The van der Waals surface area contributed by atoms with Crippen LogP contribution in [0, 0.1) is 0 Å². The molecular formula is C11H7ClN2O. The van der Waals surface area contributed by atoms with Gasteiger partial charge in [0.1, 0.15) is 0 Å². The minimum Gasteiger partial charge on any atom is -0.472 e. The Hall–Kier alpha value is -1.74. The third-order valence-corrected chi connectivity index (χ3v) is 2.60. The highest BCUT2D eigenvalue weighted by Gasteiger charge is 2.08. The first-order chi connectivity index (χ1) is 7.36. The standard InChI is InChI=1S/C11H7ClN2O/c12-9-2-1-4-14-10(6-13-11(9)14)8-3-5-15-7-8/h1-7H. The van der Waals surface area contributed by atoms with E-state index in [4.69, 9.17) is 16.0 Å². The number of furan rings is 1. The van der Waals surface area contributed by atoms with Gasteiger partial charge in [0.05, 0.1) is 29.4 Å². The Morgan fingerprint density at radius 2 is 2.27 bits per heavy atom. The maximum Gasteiger partial charge on any atom is 0.156 e. The number of hydrogen-bond donors (Lipinski definition) is 0. The highest BCUT2D eigenvalue weighted by molar-refractivity contribution is 6.33. The first-order valence-electron chi connectivity index (χ1n) is 4.50. The molecule has 3 nitrogen and oxygen atoms in total. The van der Waals surface area contributed by atoms with Crippen molar-refractivity contribution in [2.45, 2.75) is 0 Å². The number of hydrogen-bond acceptors (Lipinski definition) is 2. The maximum atomic E-state index is 6.02. The fraction of sp³-hybridized carbons (Fsp3) is 0. The van der Waals surface area contributed by atoms with Crippen molar-refractivity contribution in [2.24, 2.45) is 0 Å². The van der Waals surface area contributed by atoms with Crippen LogP contribution in [0.15, 0.2) is 47.5 Å². The van der Waals surface area contributed by atoms with Gasteiger partial charge in [0.25, 0.3) is 0 Å². The molecule has 3 rings (SSSR count). The fourth-order valence-electron chi connectivity index (χ4n) is 1.60. The SMILES string of the molecule is Clc1cccn2c(-c3ccoc3)cnc12. The second-order valence-electron chi connectivity index (χ2n) is 3.21. The van der Waals surface area contributed by atoms with Gasteiger partial charge in [0.15, 0.2) is 5.65 Å². The molecular weight excluding hydrogens is 212 g/mol. The highest BCUT2D eigenvalue weighted by Crippen LogP contribution is 2.24. The van der Waals surface area contributed by atoms with E-state index in [9.17, 15) is 0 Å². The van der Waals surface area contributed by atoms with E-state index >= 15 is 0 Å². The van der Waals surface area contributed by atoms with Gasteiger partial charge in [-0.05, 0) is 18.2 Å². The molecule has 0 saturated heterocycles. The van der Waals surface area contributed by atoms with Crippen molar-refractivity contribution in [3.05, 3.63) is 48.1 Å². The highest BCUT2D eigenvalue weighted by atomic mass is 35.5. The Morgan fingerprint density at radius 3 is 3.07 bits per heavy atom. The number of fused-ring (bicyclic) bond motifs is 1. The van der Waals surface area contributed by atoms with Gasteiger partial charge in [-0.15, -0.1) is 0 Å². The smallest absolute Gasteiger partial charge is 0.156 e. The van der Waals surface area contributed by atoms with Crippen LogP contribution >= 0.6 is 11.6 Å². The van der Waals surface area contributed by atoms with Gasteiger partial charge < -0.3 is 4.42 Å². The van der Waals surface area contributed by atoms with Crippen molar-refractivity contribution < 1.29 is 4.42 Å². The molecule has 0 unspecified atom stereocenters. The van der Waals surface area contributed by atoms with Gasteiger partial charge in [-0.1, -0.05) is 11.6 Å². The van der Waals surface area contributed by atoms with Crippen LogP contribution in [0.4, 0.5) is 0 Å². The zero-order chi connectivity index (χ0) is 10.3. The van der Waals surface area contributed by atoms with E-state index in [0.717, 1.165) is 16.9 Å². The minimum absolute atomic E-state index is 0.646. The Bertz CT molecular complexity index is 598. The molecule has 15 heavy (non-hydrogen) atoms. The Labute approximate surface area is 90.9 Å². The Kier molecular flexibility index (Phi) is 1.79. The molecule has 74 valence electrons. The van der Waals surface area contributed by atoms with Crippen molar-refractivity contribution in [3.8, 4) is 11.3 Å². The molecule has 0 N–H and O–H groups in total. The molecule has 0 aliphatic carbocycles. The lowest BCUT2D eigenvalue weighted by atomic mass is 10.2. The average Bonchev–Trinajstić information content (AvgIpc) is 2.85. The van der Waals surface area contributed by atoms with Crippen LogP contribution in [0.5, 0.6) is 0 Å². The molecule has 0 aromatic carbocycles. The van der Waals surface area contributed by atoms with Gasteiger partial charge >= 0.3 is 0 Å². The summed E-state index contributed by atoms with van der Waals surface area (Å²) in [5.74, 6) is 0. The summed E-state index contributed by atoms with van der Waals surface area (Å²) in [4.78, 5) is 4.26. The lowest BCUT2D eigenvalue weighted by Crippen LogP contribution is -1.86. The van der Waals surface area contributed by atoms with Crippen molar-refractivity contribution in [1.29, 1.82) is 0 Å². The van der Waals surface area contributed by atoms with Gasteiger partial charge in [-0.2, -0.15) is 0 Å². The van der Waals surface area contributed by atoms with E-state index in [-0.39, 0.29) is 0 Å². The minimum atomic E-state index is 0.646.